The number of nitrogens with one attached hydrogen (secondary N) is 2. The summed E-state index contributed by atoms with van der Waals surface area (Å²) < 4.78 is 0. The van der Waals surface area contributed by atoms with Crippen LogP contribution in [0.3, 0.4) is 0 Å². The predicted octanol–water partition coefficient (Wildman–Crippen LogP) is 4.86. The molecular weight excluding hydrogens is 446 g/mol. The van der Waals surface area contributed by atoms with Gasteiger partial charge < -0.3 is 15.1 Å². The van der Waals surface area contributed by atoms with Gasteiger partial charge >= 0.3 is 0 Å². The number of fused-ring (bicyclic) bond motifs is 1. The van der Waals surface area contributed by atoms with Crippen LogP contribution >= 0.6 is 0 Å². The summed E-state index contributed by atoms with van der Waals surface area (Å²) in [6, 6.07) is 24.9. The van der Waals surface area contributed by atoms with Gasteiger partial charge in [0, 0.05) is 53.8 Å². The minimum atomic E-state index is -0.0338. The number of rotatable bonds is 6. The molecule has 36 heavy (non-hydrogen) atoms. The van der Waals surface area contributed by atoms with Gasteiger partial charge in [-0.05, 0) is 61.7 Å². The highest BCUT2D eigenvalue weighted by molar-refractivity contribution is 6.01. The SMILES string of the molecule is CN1CC2(C1)CN(c1ccc(-c3n[nH]c4ccc(C(=O)N[C@H](c5ccccc5)C5CC5)cc34)cc1)C2. The maximum absolute atomic E-state index is 13.3. The van der Waals surface area contributed by atoms with Crippen LogP contribution in [0.1, 0.15) is 34.8 Å². The zero-order chi connectivity index (χ0) is 24.3. The number of hydrogen-bond acceptors (Lipinski definition) is 4. The van der Waals surface area contributed by atoms with Crippen molar-refractivity contribution in [3.63, 3.8) is 0 Å². The van der Waals surface area contributed by atoms with Gasteiger partial charge in [0.25, 0.3) is 5.91 Å². The summed E-state index contributed by atoms with van der Waals surface area (Å²) in [5.74, 6) is 0.489. The van der Waals surface area contributed by atoms with Crippen LogP contribution in [-0.2, 0) is 0 Å². The average Bonchev–Trinajstić information content (AvgIpc) is 3.62. The van der Waals surface area contributed by atoms with E-state index in [0.29, 0.717) is 16.9 Å². The van der Waals surface area contributed by atoms with E-state index in [1.807, 2.05) is 36.4 Å². The lowest BCUT2D eigenvalue weighted by Crippen LogP contribution is -2.71. The second kappa shape index (κ2) is 8.20. The molecule has 6 heteroatoms. The van der Waals surface area contributed by atoms with Gasteiger partial charge in [0.05, 0.1) is 17.3 Å². The van der Waals surface area contributed by atoms with E-state index in [-0.39, 0.29) is 11.9 Å². The first-order valence-electron chi connectivity index (χ1n) is 12.9. The van der Waals surface area contributed by atoms with E-state index in [1.165, 1.54) is 24.3 Å². The zero-order valence-electron chi connectivity index (χ0n) is 20.6. The summed E-state index contributed by atoms with van der Waals surface area (Å²) in [5, 5.41) is 12.0. The van der Waals surface area contributed by atoms with E-state index in [9.17, 15) is 4.79 Å². The number of carbonyl (C=O) groups excluding carboxylic acids is 1. The van der Waals surface area contributed by atoms with Crippen molar-refractivity contribution in [3.8, 4) is 11.3 Å². The standard InChI is InChI=1S/C30H31N5O/c1-34-16-30(17-34)18-35(19-30)24-12-9-22(10-13-24)28-25-15-23(11-14-26(25)32-33-28)29(36)31-27(21-7-8-21)20-5-3-2-4-6-20/h2-6,9-15,21,27H,7-8,16-19H2,1H3,(H,31,36)(H,32,33)/t27-/m1/s1. The van der Waals surface area contributed by atoms with Crippen LogP contribution in [0, 0.1) is 11.3 Å². The summed E-state index contributed by atoms with van der Waals surface area (Å²) in [7, 11) is 2.20. The second-order valence-electron chi connectivity index (χ2n) is 11.1. The molecule has 0 unspecified atom stereocenters. The first-order chi connectivity index (χ1) is 17.6. The van der Waals surface area contributed by atoms with Crippen LogP contribution < -0.4 is 10.2 Å². The fraction of sp³-hybridized carbons (Fsp3) is 0.333. The van der Waals surface area contributed by atoms with E-state index in [4.69, 9.17) is 0 Å². The van der Waals surface area contributed by atoms with Gasteiger partial charge in [0.2, 0.25) is 0 Å². The largest absolute Gasteiger partial charge is 0.370 e. The van der Waals surface area contributed by atoms with Crippen molar-refractivity contribution in [2.24, 2.45) is 11.3 Å². The smallest absolute Gasteiger partial charge is 0.251 e. The Balaban J connectivity index is 1.10. The third-order valence-electron chi connectivity index (χ3n) is 8.13. The van der Waals surface area contributed by atoms with Gasteiger partial charge in [0.1, 0.15) is 0 Å². The highest BCUT2D eigenvalue weighted by atomic mass is 16.1. The highest BCUT2D eigenvalue weighted by Gasteiger charge is 2.50. The third-order valence-corrected chi connectivity index (χ3v) is 8.13. The number of aromatic amines is 1. The number of aromatic nitrogens is 2. The van der Waals surface area contributed by atoms with Crippen molar-refractivity contribution in [2.45, 2.75) is 18.9 Å². The summed E-state index contributed by atoms with van der Waals surface area (Å²) in [6.45, 7) is 4.71. The Kier molecular flexibility index (Phi) is 4.93. The van der Waals surface area contributed by atoms with Crippen LogP contribution in [0.25, 0.3) is 22.2 Å². The number of H-pyrrole nitrogens is 1. The van der Waals surface area contributed by atoms with Crippen molar-refractivity contribution in [3.05, 3.63) is 83.9 Å². The maximum Gasteiger partial charge on any atom is 0.251 e. The fourth-order valence-electron chi connectivity index (χ4n) is 6.24. The predicted molar refractivity (Wildman–Crippen MR) is 143 cm³/mol. The topological polar surface area (TPSA) is 64.3 Å². The number of likely N-dealkylation sites (tertiary alicyclic amines) is 1. The first-order valence-corrected chi connectivity index (χ1v) is 12.9. The molecule has 4 aromatic rings. The summed E-state index contributed by atoms with van der Waals surface area (Å²) >= 11 is 0. The number of amides is 1. The zero-order valence-corrected chi connectivity index (χ0v) is 20.6. The highest BCUT2D eigenvalue weighted by Crippen LogP contribution is 2.42. The molecule has 1 aliphatic carbocycles. The number of anilines is 1. The number of nitrogens with zero attached hydrogens (tertiary/aromatic N) is 3. The molecule has 0 bridgehead atoms. The van der Waals surface area contributed by atoms with E-state index < -0.39 is 0 Å². The lowest BCUT2D eigenvalue weighted by atomic mass is 9.73. The molecule has 3 aromatic carbocycles. The van der Waals surface area contributed by atoms with E-state index >= 15 is 0 Å². The van der Waals surface area contributed by atoms with Gasteiger partial charge in [0.15, 0.2) is 0 Å². The molecule has 1 atom stereocenters. The van der Waals surface area contributed by atoms with E-state index in [2.05, 4.69) is 68.8 Å². The van der Waals surface area contributed by atoms with Crippen molar-refractivity contribution >= 4 is 22.5 Å². The second-order valence-corrected chi connectivity index (χ2v) is 11.1. The third kappa shape index (κ3) is 3.77. The summed E-state index contributed by atoms with van der Waals surface area (Å²) in [6.07, 6.45) is 2.33. The molecule has 1 amide bonds. The fourth-order valence-corrected chi connectivity index (χ4v) is 6.24. The van der Waals surface area contributed by atoms with Crippen molar-refractivity contribution in [1.29, 1.82) is 0 Å². The van der Waals surface area contributed by atoms with Crippen LogP contribution in [-0.4, -0.2) is 54.2 Å². The normalized spacial score (nSPS) is 19.6. The quantitative estimate of drug-likeness (QED) is 0.416. The number of carbonyl (C=O) groups is 1. The minimum absolute atomic E-state index is 0.0338. The van der Waals surface area contributed by atoms with Gasteiger partial charge in [-0.25, -0.2) is 0 Å². The van der Waals surface area contributed by atoms with Crippen molar-refractivity contribution < 1.29 is 4.79 Å². The Morgan fingerprint density at radius 3 is 2.44 bits per heavy atom. The molecule has 3 fully saturated rings. The van der Waals surface area contributed by atoms with Gasteiger partial charge in [-0.15, -0.1) is 0 Å². The van der Waals surface area contributed by atoms with Crippen molar-refractivity contribution in [2.75, 3.05) is 38.1 Å². The molecule has 3 heterocycles. The van der Waals surface area contributed by atoms with Crippen LogP contribution in [0.15, 0.2) is 72.8 Å². The summed E-state index contributed by atoms with van der Waals surface area (Å²) in [4.78, 5) is 18.1. The Labute approximate surface area is 211 Å². The van der Waals surface area contributed by atoms with Gasteiger partial charge in [-0.2, -0.15) is 5.10 Å². The lowest BCUT2D eigenvalue weighted by molar-refractivity contribution is -0.00238. The van der Waals surface area contributed by atoms with E-state index in [1.54, 1.807) is 0 Å². The van der Waals surface area contributed by atoms with Crippen LogP contribution in [0.2, 0.25) is 0 Å². The molecule has 2 saturated heterocycles. The Morgan fingerprint density at radius 1 is 1.00 bits per heavy atom. The molecule has 6 nitrogen and oxygen atoms in total. The molecule has 1 spiro atoms. The molecule has 2 aliphatic heterocycles. The molecule has 7 rings (SSSR count). The van der Waals surface area contributed by atoms with Crippen LogP contribution in [0.5, 0.6) is 0 Å². The molecule has 0 radical (unpaired) electrons. The molecule has 2 N–H and O–H groups in total. The van der Waals surface area contributed by atoms with Crippen molar-refractivity contribution in [1.82, 2.24) is 20.4 Å². The van der Waals surface area contributed by atoms with Gasteiger partial charge in [-0.1, -0.05) is 42.5 Å². The van der Waals surface area contributed by atoms with Gasteiger partial charge in [-0.3, -0.25) is 9.89 Å². The van der Waals surface area contributed by atoms with Crippen LogP contribution in [0.4, 0.5) is 5.69 Å². The Morgan fingerprint density at radius 2 is 1.75 bits per heavy atom. The Bertz CT molecular complexity index is 1410. The minimum Gasteiger partial charge on any atom is -0.370 e. The molecule has 3 aliphatic rings. The molecule has 1 aromatic heterocycles. The summed E-state index contributed by atoms with van der Waals surface area (Å²) in [5.41, 5.74) is 6.50. The maximum atomic E-state index is 13.3. The first kappa shape index (κ1) is 21.6. The number of benzene rings is 3. The lowest BCUT2D eigenvalue weighted by Gasteiger charge is -2.60. The monoisotopic (exact) mass is 477 g/mol. The molecular formula is C30H31N5O. The Hall–Kier alpha value is -3.64. The number of hydrogen-bond donors (Lipinski definition) is 2. The molecule has 1 saturated carbocycles. The average molecular weight is 478 g/mol. The molecule has 182 valence electrons. The van der Waals surface area contributed by atoms with E-state index in [0.717, 1.165) is 48.1 Å².